The van der Waals surface area contributed by atoms with Gasteiger partial charge in [-0.3, -0.25) is 4.79 Å². The predicted octanol–water partition coefficient (Wildman–Crippen LogP) is 5.28. The van der Waals surface area contributed by atoms with Crippen LogP contribution < -0.4 is 5.32 Å². The highest BCUT2D eigenvalue weighted by Crippen LogP contribution is 2.34. The van der Waals surface area contributed by atoms with Crippen molar-refractivity contribution in [3.05, 3.63) is 35.4 Å². The number of likely N-dealkylation sites (tertiary alicyclic amines) is 1. The lowest BCUT2D eigenvalue weighted by atomic mass is 9.79. The summed E-state index contributed by atoms with van der Waals surface area (Å²) in [6.07, 6.45) is 9.52. The SMILES string of the molecule is CCOC(=O)CC1(NC(=O)N2CCCCC[C@H]2c2ccc(C)cc2)CCCCC1. The lowest BCUT2D eigenvalue weighted by Gasteiger charge is -2.40. The van der Waals surface area contributed by atoms with Gasteiger partial charge >= 0.3 is 12.0 Å². The Morgan fingerprint density at radius 3 is 2.45 bits per heavy atom. The fourth-order valence-corrected chi connectivity index (χ4v) is 4.85. The summed E-state index contributed by atoms with van der Waals surface area (Å²) in [5, 5.41) is 3.32. The lowest BCUT2D eigenvalue weighted by molar-refractivity contribution is -0.145. The van der Waals surface area contributed by atoms with Crippen LogP contribution in [0.3, 0.4) is 0 Å². The normalized spacial score (nSPS) is 21.9. The maximum absolute atomic E-state index is 13.5. The molecule has 2 fully saturated rings. The zero-order chi connectivity index (χ0) is 20.7. The number of amides is 2. The molecule has 160 valence electrons. The van der Waals surface area contributed by atoms with E-state index in [0.717, 1.165) is 64.3 Å². The van der Waals surface area contributed by atoms with Crippen LogP contribution in [0.15, 0.2) is 24.3 Å². The van der Waals surface area contributed by atoms with Crippen LogP contribution in [0.5, 0.6) is 0 Å². The standard InChI is InChI=1S/C24H36N2O3/c1-3-29-22(27)18-24(15-7-5-8-16-24)25-23(28)26-17-9-4-6-10-21(26)20-13-11-19(2)12-14-20/h11-14,21H,3-10,15-18H2,1-2H3,(H,25,28)/t21-/m0/s1. The minimum Gasteiger partial charge on any atom is -0.466 e. The molecular weight excluding hydrogens is 364 g/mol. The second kappa shape index (κ2) is 10.1. The number of esters is 1. The van der Waals surface area contributed by atoms with Gasteiger partial charge in [0.05, 0.1) is 24.6 Å². The van der Waals surface area contributed by atoms with Crippen LogP contribution in [0.25, 0.3) is 0 Å². The highest BCUT2D eigenvalue weighted by atomic mass is 16.5. The van der Waals surface area contributed by atoms with Gasteiger partial charge in [0.2, 0.25) is 0 Å². The fraction of sp³-hybridized carbons (Fsp3) is 0.667. The first-order valence-electron chi connectivity index (χ1n) is 11.3. The van der Waals surface area contributed by atoms with E-state index in [1.54, 1.807) is 0 Å². The van der Waals surface area contributed by atoms with Crippen LogP contribution >= 0.6 is 0 Å². The van der Waals surface area contributed by atoms with Crippen LogP contribution in [-0.4, -0.2) is 35.6 Å². The third-order valence-corrected chi connectivity index (χ3v) is 6.45. The molecule has 2 amide bonds. The third-order valence-electron chi connectivity index (χ3n) is 6.45. The Labute approximate surface area is 175 Å². The first-order valence-corrected chi connectivity index (χ1v) is 11.3. The molecule has 0 aromatic heterocycles. The number of benzene rings is 1. The smallest absolute Gasteiger partial charge is 0.318 e. The molecule has 1 atom stereocenters. The number of urea groups is 1. The van der Waals surface area contributed by atoms with Crippen LogP contribution in [0.1, 0.15) is 88.3 Å². The second-order valence-electron chi connectivity index (χ2n) is 8.72. The van der Waals surface area contributed by atoms with Crippen molar-refractivity contribution in [1.82, 2.24) is 10.2 Å². The summed E-state index contributed by atoms with van der Waals surface area (Å²) in [6.45, 7) is 5.06. The van der Waals surface area contributed by atoms with Crippen molar-refractivity contribution in [3.8, 4) is 0 Å². The van der Waals surface area contributed by atoms with Gasteiger partial charge in [0.15, 0.2) is 0 Å². The molecule has 1 aromatic carbocycles. The van der Waals surface area contributed by atoms with E-state index in [2.05, 4.69) is 36.5 Å². The number of hydrogen-bond donors (Lipinski definition) is 1. The summed E-state index contributed by atoms with van der Waals surface area (Å²) < 4.78 is 5.21. The van der Waals surface area contributed by atoms with Gasteiger partial charge in [0.25, 0.3) is 0 Å². The van der Waals surface area contributed by atoms with E-state index >= 15 is 0 Å². The minimum atomic E-state index is -0.467. The molecule has 1 heterocycles. The van der Waals surface area contributed by atoms with Gasteiger partial charge in [-0.05, 0) is 45.1 Å². The molecule has 1 aliphatic heterocycles. The van der Waals surface area contributed by atoms with Gasteiger partial charge < -0.3 is 15.0 Å². The Balaban J connectivity index is 1.78. The molecular formula is C24H36N2O3. The first-order chi connectivity index (χ1) is 14.0. The molecule has 5 heteroatoms. The van der Waals surface area contributed by atoms with Crippen molar-refractivity contribution < 1.29 is 14.3 Å². The Morgan fingerprint density at radius 1 is 1.07 bits per heavy atom. The molecule has 0 radical (unpaired) electrons. The molecule has 1 saturated carbocycles. The zero-order valence-corrected chi connectivity index (χ0v) is 18.0. The van der Waals surface area contributed by atoms with Crippen molar-refractivity contribution in [2.45, 2.75) is 89.6 Å². The average molecular weight is 401 g/mol. The quantitative estimate of drug-likeness (QED) is 0.684. The fourth-order valence-electron chi connectivity index (χ4n) is 4.85. The van der Waals surface area contributed by atoms with E-state index < -0.39 is 5.54 Å². The molecule has 0 bridgehead atoms. The summed E-state index contributed by atoms with van der Waals surface area (Å²) in [5.41, 5.74) is 1.97. The number of ether oxygens (including phenoxy) is 1. The molecule has 1 saturated heterocycles. The Kier molecular flexibility index (Phi) is 7.57. The number of nitrogens with one attached hydrogen (secondary N) is 1. The van der Waals surface area contributed by atoms with Gasteiger partial charge in [-0.1, -0.05) is 61.9 Å². The summed E-state index contributed by atoms with van der Waals surface area (Å²) in [6, 6.07) is 8.63. The van der Waals surface area contributed by atoms with Gasteiger partial charge in [-0.2, -0.15) is 0 Å². The van der Waals surface area contributed by atoms with Crippen LogP contribution in [0.4, 0.5) is 4.79 Å². The zero-order valence-electron chi connectivity index (χ0n) is 18.0. The second-order valence-corrected chi connectivity index (χ2v) is 8.72. The summed E-state index contributed by atoms with van der Waals surface area (Å²) in [7, 11) is 0. The van der Waals surface area contributed by atoms with Crippen molar-refractivity contribution in [3.63, 3.8) is 0 Å². The van der Waals surface area contributed by atoms with E-state index in [0.29, 0.717) is 6.61 Å². The van der Waals surface area contributed by atoms with E-state index in [1.807, 2.05) is 11.8 Å². The first kappa shape index (κ1) is 21.7. The maximum atomic E-state index is 13.5. The predicted molar refractivity (Wildman–Crippen MR) is 115 cm³/mol. The summed E-state index contributed by atoms with van der Waals surface area (Å²) >= 11 is 0. The van der Waals surface area contributed by atoms with Crippen molar-refractivity contribution in [1.29, 1.82) is 0 Å². The average Bonchev–Trinajstić information content (AvgIpc) is 2.95. The Hall–Kier alpha value is -2.04. The van der Waals surface area contributed by atoms with Gasteiger partial charge in [0, 0.05) is 6.54 Å². The highest BCUT2D eigenvalue weighted by molar-refractivity contribution is 5.78. The van der Waals surface area contributed by atoms with E-state index in [9.17, 15) is 9.59 Å². The molecule has 1 aromatic rings. The minimum absolute atomic E-state index is 0.0244. The molecule has 5 nitrogen and oxygen atoms in total. The Bertz CT molecular complexity index is 680. The summed E-state index contributed by atoms with van der Waals surface area (Å²) in [5.74, 6) is -0.208. The van der Waals surface area contributed by atoms with Crippen LogP contribution in [-0.2, 0) is 9.53 Å². The van der Waals surface area contributed by atoms with Crippen LogP contribution in [0.2, 0.25) is 0 Å². The van der Waals surface area contributed by atoms with E-state index in [-0.39, 0.29) is 24.5 Å². The molecule has 1 aliphatic carbocycles. The molecule has 3 rings (SSSR count). The number of rotatable bonds is 5. The number of nitrogens with zero attached hydrogens (tertiary/aromatic N) is 1. The topological polar surface area (TPSA) is 58.6 Å². The number of aryl methyl sites for hydroxylation is 1. The van der Waals surface area contributed by atoms with E-state index in [4.69, 9.17) is 4.74 Å². The maximum Gasteiger partial charge on any atom is 0.318 e. The molecule has 29 heavy (non-hydrogen) atoms. The van der Waals surface area contributed by atoms with Crippen molar-refractivity contribution >= 4 is 12.0 Å². The number of carbonyl (C=O) groups is 2. The molecule has 0 spiro atoms. The largest absolute Gasteiger partial charge is 0.466 e. The number of carbonyl (C=O) groups excluding carboxylic acids is 2. The molecule has 0 unspecified atom stereocenters. The van der Waals surface area contributed by atoms with Gasteiger partial charge in [-0.15, -0.1) is 0 Å². The Morgan fingerprint density at radius 2 is 1.76 bits per heavy atom. The van der Waals surface area contributed by atoms with Gasteiger partial charge in [0.1, 0.15) is 0 Å². The molecule has 1 N–H and O–H groups in total. The summed E-state index contributed by atoms with van der Waals surface area (Å²) in [4.78, 5) is 27.7. The molecule has 2 aliphatic rings. The van der Waals surface area contributed by atoms with Crippen LogP contribution in [0, 0.1) is 6.92 Å². The monoisotopic (exact) mass is 400 g/mol. The van der Waals surface area contributed by atoms with Crippen molar-refractivity contribution in [2.24, 2.45) is 0 Å². The highest BCUT2D eigenvalue weighted by Gasteiger charge is 2.38. The lowest BCUT2D eigenvalue weighted by Crippen LogP contribution is -2.55. The van der Waals surface area contributed by atoms with Gasteiger partial charge in [-0.25, -0.2) is 4.79 Å². The number of hydrogen-bond acceptors (Lipinski definition) is 3. The third kappa shape index (κ3) is 5.74. The van der Waals surface area contributed by atoms with Crippen molar-refractivity contribution in [2.75, 3.05) is 13.2 Å². The van der Waals surface area contributed by atoms with E-state index in [1.165, 1.54) is 11.1 Å².